The quantitative estimate of drug-likeness (QED) is 0.765. The summed E-state index contributed by atoms with van der Waals surface area (Å²) in [6, 6.07) is 0. The molecule has 2 fully saturated rings. The van der Waals surface area contributed by atoms with Crippen molar-refractivity contribution in [2.45, 2.75) is 63.6 Å². The second-order valence-electron chi connectivity index (χ2n) is 6.14. The average molecular weight is 266 g/mol. The largest absolute Gasteiger partial charge is 0.502 e. The Balaban J connectivity index is 1.82. The summed E-state index contributed by atoms with van der Waals surface area (Å²) in [6.07, 6.45) is 6.63. The standard InChI is InChI=1S/C15H22O4/c16-10-6-7-11-12(8-10)19-15(14(18)13(11)17)9-4-2-1-3-5-9/h9-12,16,18H,1-8H2. The fourth-order valence-corrected chi connectivity index (χ4v) is 3.71. The number of aliphatic hydroxyl groups is 2. The van der Waals surface area contributed by atoms with E-state index in [1.165, 1.54) is 6.42 Å². The van der Waals surface area contributed by atoms with Crippen LogP contribution in [0.3, 0.4) is 0 Å². The van der Waals surface area contributed by atoms with Crippen molar-refractivity contribution < 1.29 is 19.7 Å². The molecule has 2 N–H and O–H groups in total. The van der Waals surface area contributed by atoms with Crippen LogP contribution in [0.5, 0.6) is 0 Å². The molecule has 3 unspecified atom stereocenters. The first-order valence-corrected chi connectivity index (χ1v) is 7.49. The van der Waals surface area contributed by atoms with E-state index in [9.17, 15) is 15.0 Å². The van der Waals surface area contributed by atoms with Crippen molar-refractivity contribution in [2.24, 2.45) is 11.8 Å². The lowest BCUT2D eigenvalue weighted by Gasteiger charge is -2.39. The zero-order valence-electron chi connectivity index (χ0n) is 11.2. The summed E-state index contributed by atoms with van der Waals surface area (Å²) in [6.45, 7) is 0. The number of ether oxygens (including phenoxy) is 1. The van der Waals surface area contributed by atoms with Crippen LogP contribution in [0.1, 0.15) is 51.4 Å². The molecule has 0 aromatic rings. The van der Waals surface area contributed by atoms with Crippen LogP contribution < -0.4 is 0 Å². The second-order valence-corrected chi connectivity index (χ2v) is 6.14. The molecule has 3 rings (SSSR count). The number of aliphatic hydroxyl groups excluding tert-OH is 2. The van der Waals surface area contributed by atoms with Crippen LogP contribution in [-0.2, 0) is 9.53 Å². The first-order chi connectivity index (χ1) is 9.16. The molecule has 2 aliphatic carbocycles. The Kier molecular flexibility index (Phi) is 3.52. The van der Waals surface area contributed by atoms with Crippen LogP contribution in [0.2, 0.25) is 0 Å². The van der Waals surface area contributed by atoms with Gasteiger partial charge in [-0.25, -0.2) is 0 Å². The highest BCUT2D eigenvalue weighted by molar-refractivity contribution is 5.96. The second kappa shape index (κ2) is 5.16. The van der Waals surface area contributed by atoms with E-state index in [0.717, 1.165) is 25.7 Å². The lowest BCUT2D eigenvalue weighted by atomic mass is 9.78. The maximum absolute atomic E-state index is 12.2. The van der Waals surface area contributed by atoms with E-state index in [2.05, 4.69) is 0 Å². The minimum Gasteiger partial charge on any atom is -0.502 e. The number of hydrogen-bond donors (Lipinski definition) is 2. The molecular formula is C15H22O4. The van der Waals surface area contributed by atoms with Crippen molar-refractivity contribution in [3.05, 3.63) is 11.5 Å². The Hall–Kier alpha value is -1.03. The van der Waals surface area contributed by atoms with E-state index in [4.69, 9.17) is 4.74 Å². The molecule has 0 aromatic carbocycles. The van der Waals surface area contributed by atoms with E-state index in [1.807, 2.05) is 0 Å². The molecule has 0 amide bonds. The summed E-state index contributed by atoms with van der Waals surface area (Å²) in [7, 11) is 0. The third kappa shape index (κ3) is 2.38. The highest BCUT2D eigenvalue weighted by Gasteiger charge is 2.44. The molecule has 1 heterocycles. The van der Waals surface area contributed by atoms with E-state index >= 15 is 0 Å². The van der Waals surface area contributed by atoms with Gasteiger partial charge in [0.25, 0.3) is 0 Å². The highest BCUT2D eigenvalue weighted by Crippen LogP contribution is 2.40. The smallest absolute Gasteiger partial charge is 0.207 e. The zero-order valence-corrected chi connectivity index (χ0v) is 11.2. The minimum absolute atomic E-state index is 0.135. The van der Waals surface area contributed by atoms with Crippen molar-refractivity contribution in [2.75, 3.05) is 0 Å². The fourth-order valence-electron chi connectivity index (χ4n) is 3.71. The van der Waals surface area contributed by atoms with E-state index in [-0.39, 0.29) is 35.6 Å². The molecule has 106 valence electrons. The molecular weight excluding hydrogens is 244 g/mol. The first-order valence-electron chi connectivity index (χ1n) is 7.49. The Morgan fingerprint density at radius 1 is 1.05 bits per heavy atom. The van der Waals surface area contributed by atoms with Gasteiger partial charge in [-0.15, -0.1) is 0 Å². The number of allylic oxidation sites excluding steroid dienone is 2. The number of ketones is 1. The summed E-state index contributed by atoms with van der Waals surface area (Å²) in [4.78, 5) is 12.2. The third-order valence-corrected chi connectivity index (χ3v) is 4.82. The average Bonchev–Trinajstić information content (AvgIpc) is 2.43. The van der Waals surface area contributed by atoms with Crippen molar-refractivity contribution in [1.82, 2.24) is 0 Å². The van der Waals surface area contributed by atoms with Gasteiger partial charge >= 0.3 is 0 Å². The third-order valence-electron chi connectivity index (χ3n) is 4.82. The number of hydrogen-bond acceptors (Lipinski definition) is 4. The maximum atomic E-state index is 12.2. The van der Waals surface area contributed by atoms with Gasteiger partial charge in [0.1, 0.15) is 11.9 Å². The van der Waals surface area contributed by atoms with Gasteiger partial charge in [-0.1, -0.05) is 19.3 Å². The van der Waals surface area contributed by atoms with Crippen LogP contribution in [-0.4, -0.2) is 28.2 Å². The zero-order chi connectivity index (χ0) is 13.4. The summed E-state index contributed by atoms with van der Waals surface area (Å²) in [5, 5.41) is 19.9. The van der Waals surface area contributed by atoms with Crippen LogP contribution in [0.15, 0.2) is 11.5 Å². The van der Waals surface area contributed by atoms with E-state index < -0.39 is 0 Å². The van der Waals surface area contributed by atoms with Crippen LogP contribution in [0, 0.1) is 11.8 Å². The molecule has 4 nitrogen and oxygen atoms in total. The molecule has 0 saturated heterocycles. The minimum atomic E-state index is -0.373. The van der Waals surface area contributed by atoms with Gasteiger partial charge in [-0.2, -0.15) is 0 Å². The topological polar surface area (TPSA) is 66.8 Å². The Morgan fingerprint density at radius 3 is 2.53 bits per heavy atom. The van der Waals surface area contributed by atoms with Crippen molar-refractivity contribution in [3.63, 3.8) is 0 Å². The summed E-state index contributed by atoms with van der Waals surface area (Å²) in [5.41, 5.74) is 0. The van der Waals surface area contributed by atoms with Crippen molar-refractivity contribution >= 4 is 5.78 Å². The van der Waals surface area contributed by atoms with Gasteiger partial charge in [0.05, 0.1) is 12.0 Å². The molecule has 0 bridgehead atoms. The molecule has 0 spiro atoms. The van der Waals surface area contributed by atoms with Crippen LogP contribution in [0.4, 0.5) is 0 Å². The van der Waals surface area contributed by atoms with E-state index in [0.29, 0.717) is 25.0 Å². The number of Topliss-reactive ketones (excluding diaryl/α,β-unsaturated/α-hetero) is 1. The SMILES string of the molecule is O=C1C(O)=C(C2CCCCC2)OC2CC(O)CCC12. The van der Waals surface area contributed by atoms with Crippen molar-refractivity contribution in [1.29, 1.82) is 0 Å². The molecule has 3 atom stereocenters. The van der Waals surface area contributed by atoms with Gasteiger partial charge in [0.15, 0.2) is 5.76 Å². The van der Waals surface area contributed by atoms with Gasteiger partial charge in [0, 0.05) is 12.3 Å². The summed E-state index contributed by atoms with van der Waals surface area (Å²) >= 11 is 0. The number of carbonyl (C=O) groups excluding carboxylic acids is 1. The normalized spacial score (nSPS) is 36.9. The predicted molar refractivity (Wildman–Crippen MR) is 69.5 cm³/mol. The maximum Gasteiger partial charge on any atom is 0.207 e. The Bertz CT molecular complexity index is 395. The van der Waals surface area contributed by atoms with E-state index in [1.54, 1.807) is 0 Å². The van der Waals surface area contributed by atoms with Gasteiger partial charge < -0.3 is 14.9 Å². The molecule has 0 radical (unpaired) electrons. The van der Waals surface area contributed by atoms with Crippen LogP contribution >= 0.6 is 0 Å². The summed E-state index contributed by atoms with van der Waals surface area (Å²) in [5.74, 6) is 0.154. The number of fused-ring (bicyclic) bond motifs is 1. The molecule has 3 aliphatic rings. The number of carbonyl (C=O) groups is 1. The molecule has 4 heteroatoms. The molecule has 1 aliphatic heterocycles. The predicted octanol–water partition coefficient (Wildman–Crippen LogP) is 2.47. The fraction of sp³-hybridized carbons (Fsp3) is 0.800. The first kappa shape index (κ1) is 13.0. The Morgan fingerprint density at radius 2 is 1.79 bits per heavy atom. The van der Waals surface area contributed by atoms with Crippen LogP contribution in [0.25, 0.3) is 0 Å². The molecule has 0 aromatic heterocycles. The lowest BCUT2D eigenvalue weighted by molar-refractivity contribution is -0.136. The Labute approximate surface area is 113 Å². The monoisotopic (exact) mass is 266 g/mol. The highest BCUT2D eigenvalue weighted by atomic mass is 16.5. The summed E-state index contributed by atoms with van der Waals surface area (Å²) < 4.78 is 5.93. The number of rotatable bonds is 1. The molecule has 19 heavy (non-hydrogen) atoms. The lowest BCUT2D eigenvalue weighted by Crippen LogP contribution is -2.43. The molecule has 2 saturated carbocycles. The van der Waals surface area contributed by atoms with Gasteiger partial charge in [-0.05, 0) is 25.7 Å². The van der Waals surface area contributed by atoms with Gasteiger partial charge in [0.2, 0.25) is 5.78 Å². The van der Waals surface area contributed by atoms with Gasteiger partial charge in [-0.3, -0.25) is 4.79 Å². The van der Waals surface area contributed by atoms with Crippen molar-refractivity contribution in [3.8, 4) is 0 Å².